The molecule has 0 aliphatic carbocycles. The van der Waals surface area contributed by atoms with Gasteiger partial charge in [0.1, 0.15) is 18.7 Å². The lowest BCUT2D eigenvalue weighted by molar-refractivity contribution is -0.117. The van der Waals surface area contributed by atoms with Gasteiger partial charge in [-0.1, -0.05) is 0 Å². The zero-order chi connectivity index (χ0) is 14.4. The molecule has 0 saturated heterocycles. The maximum atomic E-state index is 12.1. The first-order valence-electron chi connectivity index (χ1n) is 5.93. The fraction of sp³-hybridized carbons (Fsp3) is 0.333. The van der Waals surface area contributed by atoms with Crippen molar-refractivity contribution in [1.82, 2.24) is 15.6 Å². The summed E-state index contributed by atoms with van der Waals surface area (Å²) in [5.41, 5.74) is 0.257. The molecule has 0 radical (unpaired) electrons. The van der Waals surface area contributed by atoms with Crippen molar-refractivity contribution >= 4 is 17.8 Å². The summed E-state index contributed by atoms with van der Waals surface area (Å²) in [7, 11) is 1.55. The van der Waals surface area contributed by atoms with Gasteiger partial charge in [0.2, 0.25) is 17.7 Å². The predicted octanol–water partition coefficient (Wildman–Crippen LogP) is -0.678. The van der Waals surface area contributed by atoms with Gasteiger partial charge in [-0.05, 0) is 12.1 Å². The molecule has 20 heavy (non-hydrogen) atoms. The quantitative estimate of drug-likeness (QED) is 0.695. The Labute approximate surface area is 115 Å². The van der Waals surface area contributed by atoms with Crippen LogP contribution in [0.5, 0.6) is 5.88 Å². The second kappa shape index (κ2) is 6.62. The molecule has 2 amide bonds. The third kappa shape index (κ3) is 3.51. The number of aromatic nitrogens is 1. The highest BCUT2D eigenvalue weighted by molar-refractivity contribution is 6.12. The molecule has 8 heteroatoms. The zero-order valence-corrected chi connectivity index (χ0v) is 10.9. The first kappa shape index (κ1) is 13.9. The molecule has 1 aromatic heterocycles. The zero-order valence-electron chi connectivity index (χ0n) is 10.9. The van der Waals surface area contributed by atoms with Crippen molar-refractivity contribution in [1.29, 1.82) is 0 Å². The van der Waals surface area contributed by atoms with Gasteiger partial charge in [0, 0.05) is 13.3 Å². The normalized spacial score (nSPS) is 13.7. The van der Waals surface area contributed by atoms with Crippen molar-refractivity contribution in [2.75, 3.05) is 26.9 Å². The molecule has 1 aromatic rings. The van der Waals surface area contributed by atoms with Crippen LogP contribution in [0.4, 0.5) is 0 Å². The molecule has 0 spiro atoms. The summed E-state index contributed by atoms with van der Waals surface area (Å²) in [6, 6.07) is 3.19. The van der Waals surface area contributed by atoms with E-state index in [1.54, 1.807) is 19.2 Å². The van der Waals surface area contributed by atoms with E-state index in [9.17, 15) is 9.59 Å². The van der Waals surface area contributed by atoms with Crippen molar-refractivity contribution in [3.63, 3.8) is 0 Å². The first-order chi connectivity index (χ1) is 9.70. The number of carbonyl (C=O) groups excluding carboxylic acids is 2. The van der Waals surface area contributed by atoms with Gasteiger partial charge in [0.15, 0.2) is 0 Å². The van der Waals surface area contributed by atoms with Gasteiger partial charge < -0.3 is 9.47 Å². The Morgan fingerprint density at radius 1 is 1.50 bits per heavy atom. The molecule has 0 bridgehead atoms. The number of hydrogen-bond donors (Lipinski definition) is 2. The summed E-state index contributed by atoms with van der Waals surface area (Å²) in [4.78, 5) is 30.9. The highest BCUT2D eigenvalue weighted by Gasteiger charge is 2.19. The molecule has 2 rings (SSSR count). The molecule has 0 saturated carbocycles. The number of rotatable bonds is 5. The van der Waals surface area contributed by atoms with Gasteiger partial charge in [-0.2, -0.15) is 0 Å². The number of carbonyl (C=O) groups is 2. The lowest BCUT2D eigenvalue weighted by atomic mass is 10.2. The van der Waals surface area contributed by atoms with Crippen molar-refractivity contribution < 1.29 is 19.1 Å². The van der Waals surface area contributed by atoms with Gasteiger partial charge in [-0.25, -0.2) is 9.98 Å². The van der Waals surface area contributed by atoms with Crippen LogP contribution in [0.3, 0.4) is 0 Å². The Hall–Kier alpha value is -2.48. The standard InChI is InChI=1S/C12H14N4O4/c1-19-5-6-20-11-8(3-2-4-13-11)10(18)16-12-14-7-9(17)15-12/h2-4H,5-7H2,1H3,(H2,14,15,16,17,18). The van der Waals surface area contributed by atoms with E-state index in [1.807, 2.05) is 0 Å². The summed E-state index contributed by atoms with van der Waals surface area (Å²) in [6.45, 7) is 0.686. The SMILES string of the molecule is COCCOc1ncccc1C(=O)NC1=NCC(=O)N1. The number of amides is 2. The largest absolute Gasteiger partial charge is 0.475 e. The van der Waals surface area contributed by atoms with Crippen LogP contribution in [0.1, 0.15) is 10.4 Å². The van der Waals surface area contributed by atoms with Crippen LogP contribution in [0.2, 0.25) is 0 Å². The minimum atomic E-state index is -0.452. The fourth-order valence-electron chi connectivity index (χ4n) is 1.51. The maximum absolute atomic E-state index is 12.1. The van der Waals surface area contributed by atoms with Crippen LogP contribution in [0.15, 0.2) is 23.3 Å². The van der Waals surface area contributed by atoms with Gasteiger partial charge in [0.05, 0.1) is 6.61 Å². The smallest absolute Gasteiger partial charge is 0.263 e. The van der Waals surface area contributed by atoms with Crippen molar-refractivity contribution in [2.24, 2.45) is 4.99 Å². The third-order valence-electron chi connectivity index (χ3n) is 2.41. The van der Waals surface area contributed by atoms with E-state index in [4.69, 9.17) is 9.47 Å². The number of pyridine rings is 1. The fourth-order valence-corrected chi connectivity index (χ4v) is 1.51. The van der Waals surface area contributed by atoms with E-state index in [-0.39, 0.29) is 36.5 Å². The second-order valence-corrected chi connectivity index (χ2v) is 3.86. The molecule has 0 fully saturated rings. The molecule has 8 nitrogen and oxygen atoms in total. The highest BCUT2D eigenvalue weighted by atomic mass is 16.5. The Bertz CT molecular complexity index is 544. The summed E-state index contributed by atoms with van der Waals surface area (Å²) in [6.07, 6.45) is 1.52. The van der Waals surface area contributed by atoms with Crippen LogP contribution < -0.4 is 15.4 Å². The Kier molecular flexibility index (Phi) is 4.61. The van der Waals surface area contributed by atoms with Crippen LogP contribution in [-0.2, 0) is 9.53 Å². The number of nitrogens with one attached hydrogen (secondary N) is 2. The van der Waals surface area contributed by atoms with E-state index in [0.29, 0.717) is 6.61 Å². The number of guanidine groups is 1. The van der Waals surface area contributed by atoms with Crippen LogP contribution >= 0.6 is 0 Å². The first-order valence-corrected chi connectivity index (χ1v) is 5.93. The van der Waals surface area contributed by atoms with Crippen molar-refractivity contribution in [3.8, 4) is 5.88 Å². The van der Waals surface area contributed by atoms with E-state index in [0.717, 1.165) is 0 Å². The minimum Gasteiger partial charge on any atom is -0.475 e. The average Bonchev–Trinajstić information content (AvgIpc) is 2.85. The molecule has 2 heterocycles. The van der Waals surface area contributed by atoms with Crippen LogP contribution in [0.25, 0.3) is 0 Å². The predicted molar refractivity (Wildman–Crippen MR) is 69.5 cm³/mol. The number of hydrogen-bond acceptors (Lipinski definition) is 6. The molecule has 2 N–H and O–H groups in total. The molecule has 0 aromatic carbocycles. The monoisotopic (exact) mass is 278 g/mol. The van der Waals surface area contributed by atoms with E-state index in [1.165, 1.54) is 6.20 Å². The molecular formula is C12H14N4O4. The van der Waals surface area contributed by atoms with E-state index in [2.05, 4.69) is 20.6 Å². The highest BCUT2D eigenvalue weighted by Crippen LogP contribution is 2.14. The van der Waals surface area contributed by atoms with Crippen molar-refractivity contribution in [2.45, 2.75) is 0 Å². The topological polar surface area (TPSA) is 102 Å². The third-order valence-corrected chi connectivity index (χ3v) is 2.41. The Morgan fingerprint density at radius 3 is 3.05 bits per heavy atom. The molecule has 0 atom stereocenters. The number of aliphatic imine (C=N–C) groups is 1. The summed E-state index contributed by atoms with van der Waals surface area (Å²) >= 11 is 0. The van der Waals surface area contributed by atoms with E-state index >= 15 is 0 Å². The number of ether oxygens (including phenoxy) is 2. The van der Waals surface area contributed by atoms with E-state index < -0.39 is 5.91 Å². The average molecular weight is 278 g/mol. The molecule has 1 aliphatic heterocycles. The minimum absolute atomic E-state index is 0.0137. The van der Waals surface area contributed by atoms with Crippen LogP contribution in [-0.4, -0.2) is 49.6 Å². The lowest BCUT2D eigenvalue weighted by Gasteiger charge is -2.10. The summed E-state index contributed by atoms with van der Waals surface area (Å²) in [5, 5.41) is 4.91. The summed E-state index contributed by atoms with van der Waals surface area (Å²) < 4.78 is 10.2. The Morgan fingerprint density at radius 2 is 2.35 bits per heavy atom. The van der Waals surface area contributed by atoms with Crippen molar-refractivity contribution in [3.05, 3.63) is 23.9 Å². The molecular weight excluding hydrogens is 264 g/mol. The van der Waals surface area contributed by atoms with Gasteiger partial charge in [0.25, 0.3) is 5.91 Å². The summed E-state index contributed by atoms with van der Waals surface area (Å²) in [5.74, 6) is -0.381. The molecule has 0 unspecified atom stereocenters. The lowest BCUT2D eigenvalue weighted by Crippen LogP contribution is -2.40. The van der Waals surface area contributed by atoms with Gasteiger partial charge >= 0.3 is 0 Å². The molecule has 1 aliphatic rings. The number of methoxy groups -OCH3 is 1. The van der Waals surface area contributed by atoms with Gasteiger partial charge in [-0.3, -0.25) is 20.2 Å². The van der Waals surface area contributed by atoms with Gasteiger partial charge in [-0.15, -0.1) is 0 Å². The Balaban J connectivity index is 2.03. The molecule has 106 valence electrons. The van der Waals surface area contributed by atoms with Crippen LogP contribution in [0, 0.1) is 0 Å². The number of nitrogens with zero attached hydrogens (tertiary/aromatic N) is 2. The maximum Gasteiger partial charge on any atom is 0.263 e. The second-order valence-electron chi connectivity index (χ2n) is 3.86.